The van der Waals surface area contributed by atoms with E-state index in [0.717, 1.165) is 0 Å². The molecule has 0 bridgehead atoms. The van der Waals surface area contributed by atoms with Gasteiger partial charge in [0.2, 0.25) is 0 Å². The molecule has 0 unspecified atom stereocenters. The van der Waals surface area contributed by atoms with Crippen molar-refractivity contribution in [3.05, 3.63) is 15.5 Å². The van der Waals surface area contributed by atoms with Crippen molar-refractivity contribution < 1.29 is 17.4 Å². The van der Waals surface area contributed by atoms with Crippen LogP contribution >= 0.6 is 0 Å². The van der Waals surface area contributed by atoms with Crippen molar-refractivity contribution in [3.8, 4) is 0 Å². The molecule has 0 amide bonds. The third-order valence-corrected chi connectivity index (χ3v) is 32.8. The molecule has 0 aromatic heterocycles. The summed E-state index contributed by atoms with van der Waals surface area (Å²) in [5.41, 5.74) is 0. The van der Waals surface area contributed by atoms with Crippen LogP contribution in [0.2, 0.25) is 118 Å². The molecular formula is C30H75CrSi6. The van der Waals surface area contributed by atoms with Gasteiger partial charge in [0, 0.05) is 0 Å². The van der Waals surface area contributed by atoms with E-state index in [1.54, 1.807) is 0 Å². The Morgan fingerprint density at radius 3 is 0.432 bits per heavy atom. The number of hydrogen-bond acceptors (Lipinski definition) is 0. The van der Waals surface area contributed by atoms with Gasteiger partial charge in [-0.25, -0.2) is 0 Å². The predicted molar refractivity (Wildman–Crippen MR) is 195 cm³/mol. The molecular weight excluding hydrogens is 581 g/mol. The maximum absolute atomic E-state index is 2.50. The Morgan fingerprint density at radius 2 is 0.405 bits per heavy atom. The molecule has 0 aliphatic carbocycles. The van der Waals surface area contributed by atoms with E-state index in [-0.39, 0.29) is 17.4 Å². The Labute approximate surface area is 256 Å². The van der Waals surface area contributed by atoms with E-state index in [1.807, 2.05) is 15.5 Å². The summed E-state index contributed by atoms with van der Waals surface area (Å²) >= 11 is 0. The first kappa shape index (κ1) is 45.8. The van der Waals surface area contributed by atoms with Gasteiger partial charge in [-0.3, -0.25) is 0 Å². The van der Waals surface area contributed by atoms with Gasteiger partial charge in [0.05, 0.1) is 0 Å². The van der Waals surface area contributed by atoms with Crippen LogP contribution in [0.3, 0.4) is 0 Å². The molecule has 0 saturated heterocycles. The van der Waals surface area contributed by atoms with Crippen molar-refractivity contribution in [2.45, 2.75) is 177 Å². The summed E-state index contributed by atoms with van der Waals surface area (Å²) in [6, 6.07) is 0. The fourth-order valence-corrected chi connectivity index (χ4v) is 39.4. The van der Waals surface area contributed by atoms with E-state index in [2.05, 4.69) is 139 Å². The van der Waals surface area contributed by atoms with Gasteiger partial charge < -0.3 is 15.5 Å². The van der Waals surface area contributed by atoms with Crippen molar-refractivity contribution in [1.29, 1.82) is 0 Å². The van der Waals surface area contributed by atoms with Gasteiger partial charge in [0.1, 0.15) is 0 Å². The molecule has 0 N–H and O–H groups in total. The smallest absolute Gasteiger partial charge is 0.312 e. The maximum atomic E-state index is 2.50. The fraction of sp³-hybridized carbons (Fsp3) is 0.900. The Bertz CT molecular complexity index is 429. The van der Waals surface area contributed by atoms with E-state index in [1.165, 1.54) is 38.5 Å². The van der Waals surface area contributed by atoms with Gasteiger partial charge in [-0.1, -0.05) is 158 Å². The minimum atomic E-state index is -0.965. The molecule has 1 radical (unpaired) electrons. The molecule has 0 aliphatic rings. The third kappa shape index (κ3) is 22.1. The molecule has 0 spiro atoms. The molecule has 225 valence electrons. The van der Waals surface area contributed by atoms with Crippen LogP contribution in [-0.2, 0) is 17.4 Å². The van der Waals surface area contributed by atoms with Gasteiger partial charge in [-0.2, -0.15) is 19.3 Å². The Hall–Kier alpha value is 1.83. The van der Waals surface area contributed by atoms with E-state index >= 15 is 0 Å². The van der Waals surface area contributed by atoms with E-state index < -0.39 is 48.4 Å². The van der Waals surface area contributed by atoms with Crippen LogP contribution < -0.4 is 0 Å². The molecule has 0 aliphatic heterocycles. The van der Waals surface area contributed by atoms with Crippen LogP contribution in [0, 0.1) is 15.5 Å². The molecule has 0 aromatic carbocycles. The van der Waals surface area contributed by atoms with Gasteiger partial charge in [-0.05, 0) is 0 Å². The van der Waals surface area contributed by atoms with Crippen LogP contribution in [0.25, 0.3) is 0 Å². The first-order valence-electron chi connectivity index (χ1n) is 15.2. The largest absolute Gasteiger partial charge is 3.00 e. The van der Waals surface area contributed by atoms with Crippen molar-refractivity contribution >= 4 is 48.4 Å². The molecule has 0 atom stereocenters. The first-order valence-corrected chi connectivity index (χ1v) is 36.2. The van der Waals surface area contributed by atoms with Crippen LogP contribution in [0.5, 0.6) is 0 Å². The second kappa shape index (κ2) is 18.4. The van der Waals surface area contributed by atoms with Gasteiger partial charge in [-0.15, -0.1) is 48.4 Å². The summed E-state index contributed by atoms with van der Waals surface area (Å²) in [5, 5.41) is 5.91. The van der Waals surface area contributed by atoms with Crippen LogP contribution in [0.1, 0.15) is 59.3 Å². The third-order valence-electron chi connectivity index (χ3n) is 6.93. The standard InChI is InChI=1S/3C10H25Si2.Cr/c3*1-8-9-10(11(2,3)4)12(5,6)7;/h3*8-9H2,1-7H3;/q3*-1;+3. The average molecular weight is 656 g/mol. The first-order chi connectivity index (χ1) is 15.6. The molecule has 0 heterocycles. The summed E-state index contributed by atoms with van der Waals surface area (Å²) < 4.78 is 0. The van der Waals surface area contributed by atoms with Crippen molar-refractivity contribution in [3.63, 3.8) is 0 Å². The zero-order valence-corrected chi connectivity index (χ0v) is 37.4. The summed E-state index contributed by atoms with van der Waals surface area (Å²) in [7, 11) is -5.79. The topological polar surface area (TPSA) is 0 Å². The van der Waals surface area contributed by atoms with Crippen LogP contribution in [0.15, 0.2) is 0 Å². The van der Waals surface area contributed by atoms with Gasteiger partial charge >= 0.3 is 17.4 Å². The predicted octanol–water partition coefficient (Wildman–Crippen LogP) is 12.3. The number of rotatable bonds is 12. The summed E-state index contributed by atoms with van der Waals surface area (Å²) in [5.74, 6) is 0. The molecule has 0 aromatic rings. The maximum Gasteiger partial charge on any atom is 3.00 e. The minimum absolute atomic E-state index is 0. The fourth-order valence-electron chi connectivity index (χ4n) is 6.38. The monoisotopic (exact) mass is 655 g/mol. The van der Waals surface area contributed by atoms with Crippen molar-refractivity contribution in [1.82, 2.24) is 0 Å². The number of hydrogen-bond donors (Lipinski definition) is 0. The Balaban J connectivity index is -0.000000218. The molecule has 0 fully saturated rings. The van der Waals surface area contributed by atoms with Crippen LogP contribution in [0.4, 0.5) is 0 Å². The van der Waals surface area contributed by atoms with E-state index in [4.69, 9.17) is 0 Å². The second-order valence-electron chi connectivity index (χ2n) is 17.2. The summed E-state index contributed by atoms with van der Waals surface area (Å²) in [4.78, 5) is 0. The van der Waals surface area contributed by atoms with Crippen molar-refractivity contribution in [2.75, 3.05) is 0 Å². The molecule has 37 heavy (non-hydrogen) atoms. The van der Waals surface area contributed by atoms with E-state index in [9.17, 15) is 0 Å². The quantitative estimate of drug-likeness (QED) is 0.145. The zero-order valence-electron chi connectivity index (χ0n) is 30.2. The molecule has 0 rings (SSSR count). The average Bonchev–Trinajstić information content (AvgIpc) is 2.57. The Morgan fingerprint density at radius 1 is 0.297 bits per heavy atom. The van der Waals surface area contributed by atoms with Crippen LogP contribution in [-0.4, -0.2) is 48.4 Å². The Kier molecular flexibility index (Phi) is 22.8. The SMILES string of the molecule is CCC[C-]([Si](C)(C)C)[Si](C)(C)C.CCC[C-]([Si](C)(C)C)[Si](C)(C)C.CCC[C-]([Si](C)(C)C)[Si](C)(C)C.[Cr+3]. The minimum Gasteiger partial charge on any atom is -0.312 e. The molecule has 7 heteroatoms. The summed E-state index contributed by atoms with van der Waals surface area (Å²) in [6.45, 7) is 51.9. The normalized spacial score (nSPS) is 13.6. The van der Waals surface area contributed by atoms with E-state index in [0.29, 0.717) is 0 Å². The summed E-state index contributed by atoms with van der Waals surface area (Å²) in [6.07, 6.45) is 8.19. The van der Waals surface area contributed by atoms with Gasteiger partial charge in [0.25, 0.3) is 0 Å². The zero-order chi connectivity index (χ0) is 30.0. The molecule has 0 saturated carbocycles. The van der Waals surface area contributed by atoms with Gasteiger partial charge in [0.15, 0.2) is 0 Å². The van der Waals surface area contributed by atoms with Crippen molar-refractivity contribution in [2.24, 2.45) is 0 Å². The second-order valence-corrected chi connectivity index (χ2v) is 49.3. The molecule has 0 nitrogen and oxygen atoms in total.